The molecule has 0 fully saturated rings. The van der Waals surface area contributed by atoms with Crippen LogP contribution in [0.25, 0.3) is 0 Å². The minimum absolute atomic E-state index is 0.0335. The first-order chi connectivity index (χ1) is 12.8. The van der Waals surface area contributed by atoms with Gasteiger partial charge >= 0.3 is 11.9 Å². The van der Waals surface area contributed by atoms with Crippen molar-refractivity contribution in [2.24, 2.45) is 0 Å². The first kappa shape index (κ1) is 20.4. The van der Waals surface area contributed by atoms with Crippen molar-refractivity contribution in [2.45, 2.75) is 33.7 Å². The molecular formula is C20H25NO6. The molecular weight excluding hydrogens is 350 g/mol. The fraction of sp³-hybridized carbons (Fsp3) is 0.400. The third-order valence-corrected chi connectivity index (χ3v) is 4.33. The summed E-state index contributed by atoms with van der Waals surface area (Å²) in [4.78, 5) is 25.0. The zero-order chi connectivity index (χ0) is 20.1. The van der Waals surface area contributed by atoms with Crippen molar-refractivity contribution in [3.05, 3.63) is 46.2 Å². The van der Waals surface area contributed by atoms with Gasteiger partial charge in [-0.25, -0.2) is 9.59 Å². The van der Waals surface area contributed by atoms with E-state index < -0.39 is 18.0 Å². The van der Waals surface area contributed by atoms with Crippen LogP contribution >= 0.6 is 0 Å². The molecule has 1 aromatic rings. The third kappa shape index (κ3) is 4.07. The van der Waals surface area contributed by atoms with Gasteiger partial charge in [-0.3, -0.25) is 0 Å². The molecule has 27 heavy (non-hydrogen) atoms. The summed E-state index contributed by atoms with van der Waals surface area (Å²) in [6.45, 7) is 7.24. The van der Waals surface area contributed by atoms with Crippen LogP contribution in [0.15, 0.2) is 40.6 Å². The summed E-state index contributed by atoms with van der Waals surface area (Å²) in [6.07, 6.45) is 0. The molecule has 0 aromatic heterocycles. The maximum Gasteiger partial charge on any atom is 0.340 e. The molecule has 7 nitrogen and oxygen atoms in total. The van der Waals surface area contributed by atoms with Gasteiger partial charge < -0.3 is 24.6 Å². The van der Waals surface area contributed by atoms with E-state index >= 15 is 0 Å². The van der Waals surface area contributed by atoms with E-state index in [1.807, 2.05) is 0 Å². The smallest absolute Gasteiger partial charge is 0.340 e. The molecule has 0 bridgehead atoms. The fourth-order valence-corrected chi connectivity index (χ4v) is 3.11. The maximum atomic E-state index is 12.7. The molecule has 1 heterocycles. The molecule has 0 amide bonds. The Morgan fingerprint density at radius 3 is 2.30 bits per heavy atom. The Hall–Kier alpha value is -2.96. The molecule has 1 atom stereocenters. The van der Waals surface area contributed by atoms with Gasteiger partial charge in [0.2, 0.25) is 0 Å². The number of hydrogen-bond donors (Lipinski definition) is 2. The van der Waals surface area contributed by atoms with E-state index in [-0.39, 0.29) is 24.5 Å². The molecule has 0 saturated carbocycles. The highest BCUT2D eigenvalue weighted by atomic mass is 16.5. The number of rotatable bonds is 6. The minimum atomic E-state index is -0.673. The fourth-order valence-electron chi connectivity index (χ4n) is 3.11. The van der Waals surface area contributed by atoms with Gasteiger partial charge in [0.1, 0.15) is 11.5 Å². The number of aromatic hydroxyl groups is 1. The molecule has 1 unspecified atom stereocenters. The topological polar surface area (TPSA) is 94.1 Å². The second-order valence-electron chi connectivity index (χ2n) is 5.98. The summed E-state index contributed by atoms with van der Waals surface area (Å²) in [7, 11) is 1.50. The third-order valence-electron chi connectivity index (χ3n) is 4.33. The van der Waals surface area contributed by atoms with Gasteiger partial charge in [0.15, 0.2) is 0 Å². The lowest BCUT2D eigenvalue weighted by molar-refractivity contribution is -0.139. The number of methoxy groups -OCH3 is 1. The molecule has 2 N–H and O–H groups in total. The predicted molar refractivity (Wildman–Crippen MR) is 99.2 cm³/mol. The Balaban J connectivity index is 2.59. The number of hydrogen-bond acceptors (Lipinski definition) is 7. The van der Waals surface area contributed by atoms with Crippen LogP contribution in [0.4, 0.5) is 0 Å². The molecule has 0 spiro atoms. The highest BCUT2D eigenvalue weighted by molar-refractivity contribution is 6.00. The second kappa shape index (κ2) is 8.62. The molecule has 0 radical (unpaired) electrons. The van der Waals surface area contributed by atoms with Crippen LogP contribution < -0.4 is 10.1 Å². The minimum Gasteiger partial charge on any atom is -0.507 e. The van der Waals surface area contributed by atoms with Gasteiger partial charge in [0.05, 0.1) is 37.5 Å². The number of phenolic OH excluding ortho intramolecular Hbond substituents is 1. The molecule has 1 aromatic carbocycles. The van der Waals surface area contributed by atoms with E-state index in [2.05, 4.69) is 5.32 Å². The summed E-state index contributed by atoms with van der Waals surface area (Å²) < 4.78 is 15.4. The van der Waals surface area contributed by atoms with Crippen LogP contribution in [0.2, 0.25) is 0 Å². The van der Waals surface area contributed by atoms with Crippen LogP contribution in [0.1, 0.15) is 39.3 Å². The van der Waals surface area contributed by atoms with Gasteiger partial charge in [0.25, 0.3) is 0 Å². The van der Waals surface area contributed by atoms with Crippen molar-refractivity contribution >= 4 is 11.9 Å². The molecule has 0 aliphatic carbocycles. The first-order valence-corrected chi connectivity index (χ1v) is 8.75. The summed E-state index contributed by atoms with van der Waals surface area (Å²) >= 11 is 0. The van der Waals surface area contributed by atoms with Crippen LogP contribution in [-0.2, 0) is 19.1 Å². The zero-order valence-corrected chi connectivity index (χ0v) is 16.2. The number of esters is 2. The van der Waals surface area contributed by atoms with Crippen LogP contribution in [0, 0.1) is 0 Å². The average Bonchev–Trinajstić information content (AvgIpc) is 2.61. The van der Waals surface area contributed by atoms with Gasteiger partial charge in [-0.15, -0.1) is 0 Å². The number of phenols is 1. The van der Waals surface area contributed by atoms with Crippen molar-refractivity contribution in [2.75, 3.05) is 20.3 Å². The molecule has 1 aliphatic heterocycles. The van der Waals surface area contributed by atoms with Crippen molar-refractivity contribution in [1.29, 1.82) is 0 Å². The highest BCUT2D eigenvalue weighted by Crippen LogP contribution is 2.39. The Morgan fingerprint density at radius 1 is 1.11 bits per heavy atom. The normalized spacial score (nSPS) is 16.7. The van der Waals surface area contributed by atoms with E-state index in [0.29, 0.717) is 28.2 Å². The highest BCUT2D eigenvalue weighted by Gasteiger charge is 2.35. The number of carbonyl (C=O) groups excluding carboxylic acids is 2. The molecule has 2 rings (SSSR count). The van der Waals surface area contributed by atoms with Crippen LogP contribution in [0.3, 0.4) is 0 Å². The monoisotopic (exact) mass is 375 g/mol. The number of ether oxygens (including phenoxy) is 3. The van der Waals surface area contributed by atoms with Crippen LogP contribution in [0.5, 0.6) is 11.5 Å². The Morgan fingerprint density at radius 2 is 1.74 bits per heavy atom. The summed E-state index contributed by atoms with van der Waals surface area (Å²) in [6, 6.07) is 4.15. The maximum absolute atomic E-state index is 12.7. The van der Waals surface area contributed by atoms with E-state index in [4.69, 9.17) is 14.2 Å². The standard InChI is InChI=1S/C20H25NO6/c1-6-26-19(23)16-11(3)17(20(24)27-7-2)18(21-12(16)4)14-9-8-13(25-5)10-15(14)22/h8-10,18,21-22H,6-7H2,1-5H3. The summed E-state index contributed by atoms with van der Waals surface area (Å²) in [5, 5.41) is 13.6. The Kier molecular flexibility index (Phi) is 6.50. The summed E-state index contributed by atoms with van der Waals surface area (Å²) in [5.41, 5.74) is 2.04. The van der Waals surface area contributed by atoms with E-state index in [1.54, 1.807) is 39.8 Å². The largest absolute Gasteiger partial charge is 0.507 e. The van der Waals surface area contributed by atoms with Crippen molar-refractivity contribution in [3.8, 4) is 11.5 Å². The first-order valence-electron chi connectivity index (χ1n) is 8.75. The molecule has 1 aliphatic rings. The van der Waals surface area contributed by atoms with E-state index in [0.717, 1.165) is 0 Å². The Labute approximate surface area is 158 Å². The Bertz CT molecular complexity index is 809. The van der Waals surface area contributed by atoms with Crippen molar-refractivity contribution in [3.63, 3.8) is 0 Å². The van der Waals surface area contributed by atoms with Gasteiger partial charge in [-0.1, -0.05) is 0 Å². The van der Waals surface area contributed by atoms with Gasteiger partial charge in [-0.05, 0) is 45.4 Å². The molecule has 7 heteroatoms. The molecule has 146 valence electrons. The lowest BCUT2D eigenvalue weighted by Gasteiger charge is -2.31. The predicted octanol–water partition coefficient (Wildman–Crippen LogP) is 2.76. The lowest BCUT2D eigenvalue weighted by Crippen LogP contribution is -2.34. The number of allylic oxidation sites excluding steroid dienone is 1. The number of dihydropyridines is 1. The van der Waals surface area contributed by atoms with Crippen molar-refractivity contribution < 1.29 is 28.9 Å². The average molecular weight is 375 g/mol. The number of carbonyl (C=O) groups is 2. The zero-order valence-electron chi connectivity index (χ0n) is 16.2. The SMILES string of the molecule is CCOC(=O)C1=C(C)NC(c2ccc(OC)cc2O)C(C(=O)OCC)=C1C. The second-order valence-corrected chi connectivity index (χ2v) is 5.98. The number of nitrogens with one attached hydrogen (secondary N) is 1. The van der Waals surface area contributed by atoms with E-state index in [9.17, 15) is 14.7 Å². The van der Waals surface area contributed by atoms with E-state index in [1.165, 1.54) is 13.2 Å². The van der Waals surface area contributed by atoms with Gasteiger partial charge in [-0.2, -0.15) is 0 Å². The molecule has 0 saturated heterocycles. The number of benzene rings is 1. The lowest BCUT2D eigenvalue weighted by atomic mass is 9.86. The quantitative estimate of drug-likeness (QED) is 0.738. The van der Waals surface area contributed by atoms with Crippen LogP contribution in [-0.4, -0.2) is 37.4 Å². The van der Waals surface area contributed by atoms with Gasteiger partial charge in [0, 0.05) is 17.3 Å². The van der Waals surface area contributed by atoms with Crippen molar-refractivity contribution in [1.82, 2.24) is 5.32 Å². The summed E-state index contributed by atoms with van der Waals surface area (Å²) in [5.74, 6) is -0.616.